The second-order valence-corrected chi connectivity index (χ2v) is 8.95. The molecule has 0 fully saturated rings. The Morgan fingerprint density at radius 3 is 2.39 bits per heavy atom. The number of fused-ring (bicyclic) bond motifs is 1. The number of aromatic amines is 1. The van der Waals surface area contributed by atoms with Crippen molar-refractivity contribution in [2.24, 2.45) is 0 Å². The van der Waals surface area contributed by atoms with Gasteiger partial charge in [-0.25, -0.2) is 0 Å². The molecule has 6 nitrogen and oxygen atoms in total. The Morgan fingerprint density at radius 2 is 1.71 bits per heavy atom. The molecule has 0 aliphatic rings. The summed E-state index contributed by atoms with van der Waals surface area (Å²) in [6.07, 6.45) is -3.00. The summed E-state index contributed by atoms with van der Waals surface area (Å²) in [5, 5.41) is 13.7. The third kappa shape index (κ3) is 6.47. The van der Waals surface area contributed by atoms with Gasteiger partial charge >= 0.3 is 6.36 Å². The number of aliphatic hydroxyl groups is 1. The molecule has 38 heavy (non-hydrogen) atoms. The van der Waals surface area contributed by atoms with Crippen molar-refractivity contribution in [2.75, 3.05) is 13.7 Å². The molecule has 3 aromatic carbocycles. The van der Waals surface area contributed by atoms with Crippen LogP contribution in [0.3, 0.4) is 0 Å². The van der Waals surface area contributed by atoms with Gasteiger partial charge < -0.3 is 24.9 Å². The minimum absolute atomic E-state index is 0.228. The largest absolute Gasteiger partial charge is 0.573 e. The summed E-state index contributed by atoms with van der Waals surface area (Å²) < 4.78 is 48.5. The number of aliphatic hydroxyl groups excluding tert-OH is 1. The lowest BCUT2D eigenvalue weighted by molar-refractivity contribution is -0.274. The Balaban J connectivity index is 1.63. The van der Waals surface area contributed by atoms with E-state index in [2.05, 4.69) is 26.9 Å². The highest BCUT2D eigenvalue weighted by Crippen LogP contribution is 2.29. The fraction of sp³-hybridized carbons (Fsp3) is 0.207. The Morgan fingerprint density at radius 1 is 1.03 bits per heavy atom. The van der Waals surface area contributed by atoms with Crippen molar-refractivity contribution < 1.29 is 32.5 Å². The minimum atomic E-state index is -5.00. The number of aromatic nitrogens is 1. The van der Waals surface area contributed by atoms with E-state index in [1.807, 2.05) is 24.3 Å². The summed E-state index contributed by atoms with van der Waals surface area (Å²) >= 11 is 0. The number of amides is 1. The van der Waals surface area contributed by atoms with Gasteiger partial charge in [0.2, 0.25) is 0 Å². The highest BCUT2D eigenvalue weighted by atomic mass is 19.4. The third-order valence-electron chi connectivity index (χ3n) is 5.91. The molecule has 1 unspecified atom stereocenters. The number of hydrogen-bond donors (Lipinski definition) is 3. The minimum Gasteiger partial charge on any atom is -0.497 e. The molecule has 196 valence electrons. The van der Waals surface area contributed by atoms with Crippen LogP contribution in [-0.4, -0.2) is 41.6 Å². The molecule has 1 amide bonds. The Bertz CT molecular complexity index is 1500. The number of nitrogens with one attached hydrogen (secondary N) is 2. The van der Waals surface area contributed by atoms with Crippen LogP contribution >= 0.6 is 0 Å². The number of benzene rings is 3. The molecule has 1 heterocycles. The number of rotatable bonds is 7. The number of alkyl halides is 3. The molecular weight excluding hydrogens is 497 g/mol. The van der Waals surface area contributed by atoms with Gasteiger partial charge in [-0.1, -0.05) is 30.0 Å². The van der Waals surface area contributed by atoms with Crippen LogP contribution in [0.1, 0.15) is 34.0 Å². The molecule has 0 saturated carbocycles. The highest BCUT2D eigenvalue weighted by Gasteiger charge is 2.34. The van der Waals surface area contributed by atoms with Gasteiger partial charge in [-0.15, -0.1) is 13.2 Å². The van der Waals surface area contributed by atoms with Crippen LogP contribution < -0.4 is 14.8 Å². The summed E-state index contributed by atoms with van der Waals surface area (Å²) in [6.45, 7) is 1.16. The van der Waals surface area contributed by atoms with Crippen LogP contribution in [0.2, 0.25) is 0 Å². The molecule has 4 rings (SSSR count). The zero-order chi connectivity index (χ0) is 27.3. The first-order valence-electron chi connectivity index (χ1n) is 11.6. The monoisotopic (exact) mass is 522 g/mol. The van der Waals surface area contributed by atoms with E-state index in [9.17, 15) is 23.1 Å². The number of carbonyl (C=O) groups is 1. The van der Waals surface area contributed by atoms with Crippen molar-refractivity contribution in [3.8, 4) is 23.3 Å². The molecular formula is C29H25F3N2O4. The molecule has 0 bridgehead atoms. The van der Waals surface area contributed by atoms with Gasteiger partial charge in [0.15, 0.2) is 0 Å². The smallest absolute Gasteiger partial charge is 0.497 e. The van der Waals surface area contributed by atoms with Crippen molar-refractivity contribution in [3.05, 3.63) is 95.2 Å². The molecule has 0 radical (unpaired) electrons. The van der Waals surface area contributed by atoms with Gasteiger partial charge in [-0.05, 0) is 67.4 Å². The van der Waals surface area contributed by atoms with Gasteiger partial charge in [0.25, 0.3) is 5.91 Å². The molecule has 4 aromatic rings. The van der Waals surface area contributed by atoms with Gasteiger partial charge in [-0.2, -0.15) is 0 Å². The number of H-pyrrole nitrogens is 1. The van der Waals surface area contributed by atoms with Gasteiger partial charge in [-0.3, -0.25) is 4.79 Å². The highest BCUT2D eigenvalue weighted by molar-refractivity contribution is 5.98. The SMILES string of the molecule is COc1ccc(C#Cc2ccc(OC(F)(F)F)c(C(=O)NC(C)(CO)Cc3c[nH]c4ccccc34)c2)cc1. The molecule has 0 aliphatic heterocycles. The van der Waals surface area contributed by atoms with E-state index in [1.165, 1.54) is 12.1 Å². The number of para-hydroxylation sites is 1. The number of ether oxygens (including phenoxy) is 2. The number of halogens is 3. The van der Waals surface area contributed by atoms with Crippen molar-refractivity contribution in [3.63, 3.8) is 0 Å². The molecule has 3 N–H and O–H groups in total. The van der Waals surface area contributed by atoms with Crippen molar-refractivity contribution in [2.45, 2.75) is 25.2 Å². The lowest BCUT2D eigenvalue weighted by atomic mass is 9.92. The van der Waals surface area contributed by atoms with E-state index in [0.717, 1.165) is 22.5 Å². The summed E-state index contributed by atoms with van der Waals surface area (Å²) in [7, 11) is 1.54. The fourth-order valence-corrected chi connectivity index (χ4v) is 4.00. The first kappa shape index (κ1) is 26.6. The zero-order valence-electron chi connectivity index (χ0n) is 20.6. The van der Waals surface area contributed by atoms with Crippen LogP contribution in [0, 0.1) is 11.8 Å². The number of hydrogen-bond acceptors (Lipinski definition) is 4. The maximum absolute atomic E-state index is 13.3. The van der Waals surface area contributed by atoms with Crippen molar-refractivity contribution in [1.29, 1.82) is 0 Å². The van der Waals surface area contributed by atoms with Gasteiger partial charge in [0, 0.05) is 28.2 Å². The van der Waals surface area contributed by atoms with Crippen LogP contribution in [-0.2, 0) is 6.42 Å². The molecule has 1 aromatic heterocycles. The number of methoxy groups -OCH3 is 1. The summed E-state index contributed by atoms with van der Waals surface area (Å²) in [4.78, 5) is 16.4. The standard InChI is InChI=1S/C29H25F3N2O4/c1-28(18-35,16-21-17-33-25-6-4-3-5-23(21)25)34-27(36)24-15-20(11-14-26(24)38-29(30,31)32)8-7-19-9-12-22(37-2)13-10-19/h3-6,9-15,17,33,35H,16,18H2,1-2H3,(H,34,36). The zero-order valence-corrected chi connectivity index (χ0v) is 20.6. The van der Waals surface area contributed by atoms with Crippen LogP contribution in [0.15, 0.2) is 72.9 Å². The van der Waals surface area contributed by atoms with E-state index >= 15 is 0 Å². The first-order chi connectivity index (χ1) is 18.1. The summed E-state index contributed by atoms with van der Waals surface area (Å²) in [5.41, 5.74) is 1.15. The maximum atomic E-state index is 13.3. The Kier molecular flexibility index (Phi) is 7.65. The van der Waals surface area contributed by atoms with E-state index in [1.54, 1.807) is 44.5 Å². The lowest BCUT2D eigenvalue weighted by Crippen LogP contribution is -2.50. The molecule has 0 aliphatic carbocycles. The predicted molar refractivity (Wildman–Crippen MR) is 137 cm³/mol. The first-order valence-corrected chi connectivity index (χ1v) is 11.6. The quantitative estimate of drug-likeness (QED) is 0.292. The van der Waals surface area contributed by atoms with Crippen LogP contribution in [0.5, 0.6) is 11.5 Å². The predicted octanol–water partition coefficient (Wildman–Crippen LogP) is 5.20. The lowest BCUT2D eigenvalue weighted by Gasteiger charge is -2.29. The average Bonchev–Trinajstić information content (AvgIpc) is 3.29. The van der Waals surface area contributed by atoms with Crippen LogP contribution in [0.4, 0.5) is 13.2 Å². The Hall–Kier alpha value is -4.42. The summed E-state index contributed by atoms with van der Waals surface area (Å²) in [5.74, 6) is 4.91. The second kappa shape index (κ2) is 10.9. The van der Waals surface area contributed by atoms with Gasteiger partial charge in [0.05, 0.1) is 24.8 Å². The van der Waals surface area contributed by atoms with Gasteiger partial charge in [0.1, 0.15) is 11.5 Å². The van der Waals surface area contributed by atoms with Crippen molar-refractivity contribution in [1.82, 2.24) is 10.3 Å². The second-order valence-electron chi connectivity index (χ2n) is 8.95. The molecule has 1 atom stereocenters. The topological polar surface area (TPSA) is 83.6 Å². The van der Waals surface area contributed by atoms with E-state index in [4.69, 9.17) is 4.74 Å². The van der Waals surface area contributed by atoms with E-state index in [0.29, 0.717) is 16.9 Å². The average molecular weight is 523 g/mol. The fourth-order valence-electron chi connectivity index (χ4n) is 4.00. The number of carbonyl (C=O) groups excluding carboxylic acids is 1. The molecule has 9 heteroatoms. The normalized spacial score (nSPS) is 12.8. The van der Waals surface area contributed by atoms with Crippen molar-refractivity contribution >= 4 is 16.8 Å². The van der Waals surface area contributed by atoms with E-state index in [-0.39, 0.29) is 12.0 Å². The van der Waals surface area contributed by atoms with Crippen LogP contribution in [0.25, 0.3) is 10.9 Å². The third-order valence-corrected chi connectivity index (χ3v) is 5.91. The maximum Gasteiger partial charge on any atom is 0.573 e. The van der Waals surface area contributed by atoms with E-state index < -0.39 is 30.2 Å². The Labute approximate surface area is 217 Å². The molecule has 0 saturated heterocycles. The summed E-state index contributed by atoms with van der Waals surface area (Å²) in [6, 6.07) is 18.1. The molecule has 0 spiro atoms.